The van der Waals surface area contributed by atoms with E-state index >= 15 is 0 Å². The number of aryl methyl sites for hydroxylation is 1. The van der Waals surface area contributed by atoms with Gasteiger partial charge >= 0.3 is 0 Å². The van der Waals surface area contributed by atoms with Crippen LogP contribution in [0.4, 0.5) is 11.8 Å². The maximum atomic E-state index is 4.52. The number of aromatic nitrogens is 2. The fourth-order valence-electron chi connectivity index (χ4n) is 1.56. The van der Waals surface area contributed by atoms with Gasteiger partial charge in [-0.15, -0.1) is 17.9 Å². The number of hydrogen-bond acceptors (Lipinski definition) is 5. The summed E-state index contributed by atoms with van der Waals surface area (Å²) in [6.45, 7) is 9.32. The topological polar surface area (TPSA) is 49.8 Å². The third-order valence-corrected chi connectivity index (χ3v) is 3.44. The van der Waals surface area contributed by atoms with Crippen LogP contribution in [-0.4, -0.2) is 23.1 Å². The van der Waals surface area contributed by atoms with Gasteiger partial charge in [-0.2, -0.15) is 4.98 Å². The number of nitrogens with zero attached hydrogens (tertiary/aromatic N) is 2. The minimum atomic E-state index is 0.648. The van der Waals surface area contributed by atoms with E-state index in [1.54, 1.807) is 17.4 Å². The van der Waals surface area contributed by atoms with Crippen molar-refractivity contribution in [3.8, 4) is 0 Å². The van der Waals surface area contributed by atoms with Gasteiger partial charge in [0.15, 0.2) is 0 Å². The molecule has 0 aliphatic carbocycles. The van der Waals surface area contributed by atoms with Crippen molar-refractivity contribution in [1.82, 2.24) is 9.97 Å². The van der Waals surface area contributed by atoms with Crippen molar-refractivity contribution in [2.75, 3.05) is 23.7 Å². The van der Waals surface area contributed by atoms with Crippen LogP contribution in [0.2, 0.25) is 0 Å². The van der Waals surface area contributed by atoms with Gasteiger partial charge in [-0.05, 0) is 24.8 Å². The van der Waals surface area contributed by atoms with E-state index in [2.05, 4.69) is 46.4 Å². The molecule has 5 heteroatoms. The highest BCUT2D eigenvalue weighted by atomic mass is 32.1. The van der Waals surface area contributed by atoms with Crippen molar-refractivity contribution >= 4 is 33.3 Å². The number of rotatable bonds is 5. The fourth-order valence-corrected chi connectivity index (χ4v) is 2.52. The maximum absolute atomic E-state index is 4.52. The van der Waals surface area contributed by atoms with Crippen LogP contribution < -0.4 is 10.6 Å². The van der Waals surface area contributed by atoms with Gasteiger partial charge in [0, 0.05) is 13.1 Å². The zero-order valence-electron chi connectivity index (χ0n) is 10.1. The lowest BCUT2D eigenvalue weighted by atomic mass is 10.3. The zero-order chi connectivity index (χ0) is 12.3. The second kappa shape index (κ2) is 5.14. The molecular formula is C12H16N4S. The van der Waals surface area contributed by atoms with Gasteiger partial charge in [-0.3, -0.25) is 0 Å². The maximum Gasteiger partial charge on any atom is 0.225 e. The molecule has 0 unspecified atom stereocenters. The minimum absolute atomic E-state index is 0.648. The van der Waals surface area contributed by atoms with Crippen molar-refractivity contribution in [3.05, 3.63) is 23.6 Å². The molecule has 2 aromatic heterocycles. The molecule has 0 fully saturated rings. The molecule has 0 radical (unpaired) electrons. The zero-order valence-corrected chi connectivity index (χ0v) is 10.9. The lowest BCUT2D eigenvalue weighted by molar-refractivity contribution is 1.12. The van der Waals surface area contributed by atoms with Gasteiger partial charge in [0.05, 0.1) is 10.2 Å². The Hall–Kier alpha value is -1.62. The molecule has 0 aromatic carbocycles. The number of fused-ring (bicyclic) bond motifs is 1. The Labute approximate surface area is 105 Å². The van der Waals surface area contributed by atoms with Crippen LogP contribution in [0.1, 0.15) is 12.5 Å². The molecule has 17 heavy (non-hydrogen) atoms. The Morgan fingerprint density at radius 1 is 1.41 bits per heavy atom. The Morgan fingerprint density at radius 2 is 2.24 bits per heavy atom. The van der Waals surface area contributed by atoms with Gasteiger partial charge in [-0.1, -0.05) is 6.08 Å². The molecule has 2 aromatic rings. The predicted molar refractivity (Wildman–Crippen MR) is 75.0 cm³/mol. The number of nitrogens with one attached hydrogen (secondary N) is 2. The second-order valence-electron chi connectivity index (χ2n) is 3.69. The highest BCUT2D eigenvalue weighted by molar-refractivity contribution is 7.18. The van der Waals surface area contributed by atoms with Gasteiger partial charge in [0.1, 0.15) is 5.82 Å². The number of hydrogen-bond donors (Lipinski definition) is 2. The Morgan fingerprint density at radius 3 is 2.94 bits per heavy atom. The van der Waals surface area contributed by atoms with Crippen LogP contribution in [0, 0.1) is 6.92 Å². The average Bonchev–Trinajstić information content (AvgIpc) is 2.69. The van der Waals surface area contributed by atoms with Crippen LogP contribution in [0.3, 0.4) is 0 Å². The first-order valence-electron chi connectivity index (χ1n) is 5.60. The molecule has 0 saturated heterocycles. The van der Waals surface area contributed by atoms with Crippen LogP contribution in [-0.2, 0) is 0 Å². The number of thiophene rings is 1. The summed E-state index contributed by atoms with van der Waals surface area (Å²) in [5.41, 5.74) is 2.21. The standard InChI is InChI=1S/C12H16N4S/c1-4-6-14-12-15-9-8(3)7-17-10(9)11(16-12)13-5-2/h4,7H,1,5-6H2,2-3H3,(H2,13,14,15,16). The van der Waals surface area contributed by atoms with Crippen molar-refractivity contribution in [3.63, 3.8) is 0 Å². The van der Waals surface area contributed by atoms with E-state index in [9.17, 15) is 0 Å². The smallest absolute Gasteiger partial charge is 0.225 e. The molecule has 0 spiro atoms. The third-order valence-electron chi connectivity index (χ3n) is 2.34. The summed E-state index contributed by atoms with van der Waals surface area (Å²) in [6.07, 6.45) is 1.79. The van der Waals surface area contributed by atoms with Gasteiger partial charge < -0.3 is 10.6 Å². The van der Waals surface area contributed by atoms with Gasteiger partial charge in [-0.25, -0.2) is 4.98 Å². The molecule has 0 aliphatic rings. The predicted octanol–water partition coefficient (Wildman–Crippen LogP) is 3.03. The number of anilines is 2. The molecule has 0 bridgehead atoms. The third kappa shape index (κ3) is 2.39. The second-order valence-corrected chi connectivity index (χ2v) is 4.57. The molecule has 2 N–H and O–H groups in total. The Bertz CT molecular complexity index is 533. The van der Waals surface area contributed by atoms with Crippen LogP contribution in [0.5, 0.6) is 0 Å². The Balaban J connectivity index is 2.48. The molecule has 0 saturated carbocycles. The summed E-state index contributed by atoms with van der Waals surface area (Å²) < 4.78 is 1.12. The molecule has 4 nitrogen and oxygen atoms in total. The fraction of sp³-hybridized carbons (Fsp3) is 0.333. The molecule has 0 amide bonds. The van der Waals surface area contributed by atoms with E-state index in [-0.39, 0.29) is 0 Å². The largest absolute Gasteiger partial charge is 0.369 e. The normalized spacial score (nSPS) is 10.5. The van der Waals surface area contributed by atoms with Crippen molar-refractivity contribution in [2.24, 2.45) is 0 Å². The van der Waals surface area contributed by atoms with Crippen molar-refractivity contribution < 1.29 is 0 Å². The van der Waals surface area contributed by atoms with E-state index in [1.165, 1.54) is 5.56 Å². The summed E-state index contributed by atoms with van der Waals surface area (Å²) >= 11 is 1.68. The van der Waals surface area contributed by atoms with E-state index in [4.69, 9.17) is 0 Å². The lowest BCUT2D eigenvalue weighted by Gasteiger charge is -2.07. The first-order chi connectivity index (χ1) is 8.26. The SMILES string of the molecule is C=CCNc1nc(NCC)c2scc(C)c2n1. The highest BCUT2D eigenvalue weighted by Gasteiger charge is 2.10. The molecular weight excluding hydrogens is 232 g/mol. The summed E-state index contributed by atoms with van der Waals surface area (Å²) in [7, 11) is 0. The Kier molecular flexibility index (Phi) is 3.58. The van der Waals surface area contributed by atoms with E-state index in [0.29, 0.717) is 12.5 Å². The molecule has 0 atom stereocenters. The van der Waals surface area contributed by atoms with E-state index in [1.807, 2.05) is 0 Å². The van der Waals surface area contributed by atoms with E-state index < -0.39 is 0 Å². The minimum Gasteiger partial charge on any atom is -0.369 e. The van der Waals surface area contributed by atoms with Gasteiger partial charge in [0.25, 0.3) is 0 Å². The average molecular weight is 248 g/mol. The van der Waals surface area contributed by atoms with Crippen LogP contribution >= 0.6 is 11.3 Å². The molecule has 2 heterocycles. The van der Waals surface area contributed by atoms with Crippen LogP contribution in [0.25, 0.3) is 10.2 Å². The first-order valence-corrected chi connectivity index (χ1v) is 6.48. The van der Waals surface area contributed by atoms with E-state index in [0.717, 1.165) is 22.6 Å². The summed E-state index contributed by atoms with van der Waals surface area (Å²) in [4.78, 5) is 8.99. The summed E-state index contributed by atoms with van der Waals surface area (Å²) in [5, 5.41) is 8.51. The summed E-state index contributed by atoms with van der Waals surface area (Å²) in [5.74, 6) is 1.55. The monoisotopic (exact) mass is 248 g/mol. The quantitative estimate of drug-likeness (QED) is 0.799. The lowest BCUT2D eigenvalue weighted by Crippen LogP contribution is -2.06. The van der Waals surface area contributed by atoms with Gasteiger partial charge in [0.2, 0.25) is 5.95 Å². The van der Waals surface area contributed by atoms with Crippen LogP contribution in [0.15, 0.2) is 18.0 Å². The molecule has 0 aliphatic heterocycles. The highest BCUT2D eigenvalue weighted by Crippen LogP contribution is 2.30. The first kappa shape index (κ1) is 11.9. The molecule has 90 valence electrons. The van der Waals surface area contributed by atoms with Crippen molar-refractivity contribution in [1.29, 1.82) is 0 Å². The summed E-state index contributed by atoms with van der Waals surface area (Å²) in [6, 6.07) is 0. The van der Waals surface area contributed by atoms with Crippen molar-refractivity contribution in [2.45, 2.75) is 13.8 Å². The molecule has 2 rings (SSSR count).